The van der Waals surface area contributed by atoms with E-state index < -0.39 is 40.8 Å². The number of likely N-dealkylation sites (N-methyl/N-ethyl adjacent to an activating group) is 1. The molecule has 65 heavy (non-hydrogen) atoms. The minimum Gasteiger partial charge on any atom is -0.493 e. The average Bonchev–Trinajstić information content (AvgIpc) is 3.97. The predicted octanol–water partition coefficient (Wildman–Crippen LogP) is 8.23. The van der Waals surface area contributed by atoms with Gasteiger partial charge in [-0.3, -0.25) is 33.6 Å². The number of aliphatic hydroxyl groups excluding tert-OH is 1. The van der Waals surface area contributed by atoms with Gasteiger partial charge in [-0.25, -0.2) is 0 Å². The number of rotatable bonds is 26. The first-order valence-electron chi connectivity index (χ1n) is 24.2. The molecule has 3 amide bonds. The van der Waals surface area contributed by atoms with Crippen LogP contribution in [0, 0.1) is 35.0 Å². The summed E-state index contributed by atoms with van der Waals surface area (Å²) in [7, 11) is 3.37. The number of hydrogen-bond acceptors (Lipinski definition) is 9. The van der Waals surface area contributed by atoms with Crippen LogP contribution in [0.1, 0.15) is 133 Å². The molecule has 2 saturated carbocycles. The molecule has 1 saturated heterocycles. The molecule has 3 aliphatic rings. The predicted molar refractivity (Wildman–Crippen MR) is 258 cm³/mol. The third-order valence-electron chi connectivity index (χ3n) is 14.2. The quantitative estimate of drug-likeness (QED) is 0.0537. The first kappa shape index (κ1) is 51.0. The number of amides is 3. The van der Waals surface area contributed by atoms with Crippen LogP contribution in [-0.2, 0) is 40.0 Å². The maximum Gasteiger partial charge on any atom is 0.288 e. The van der Waals surface area contributed by atoms with Gasteiger partial charge >= 0.3 is 0 Å². The summed E-state index contributed by atoms with van der Waals surface area (Å²) < 4.78 is 5.70. The highest BCUT2D eigenvalue weighted by Crippen LogP contribution is 2.55. The highest BCUT2D eigenvalue weighted by molar-refractivity contribution is 6.38. The van der Waals surface area contributed by atoms with E-state index in [2.05, 4.69) is 12.2 Å². The van der Waals surface area contributed by atoms with Crippen LogP contribution in [0.25, 0.3) is 0 Å². The molecular formula is C53H81N3O9. The molecule has 0 spiro atoms. The third kappa shape index (κ3) is 13.8. The Labute approximate surface area is 392 Å². The van der Waals surface area contributed by atoms with E-state index in [1.165, 1.54) is 11.0 Å². The number of carbonyl (C=O) groups excluding carboxylic acids is 7. The van der Waals surface area contributed by atoms with Crippen molar-refractivity contribution in [2.24, 2.45) is 35.0 Å². The molecule has 2 aromatic rings. The van der Waals surface area contributed by atoms with Crippen LogP contribution in [-0.4, -0.2) is 102 Å². The molecule has 12 heteroatoms. The number of ether oxygens (including phenoxy) is 1. The molecule has 5 rings (SSSR count). The number of ketones is 4. The fourth-order valence-electron chi connectivity index (χ4n) is 10.5. The molecule has 2 aromatic carbocycles. The molecule has 2 aliphatic carbocycles. The Hall–Kier alpha value is -4.97. The van der Waals surface area contributed by atoms with Crippen molar-refractivity contribution in [3.05, 3.63) is 77.9 Å². The molecular weight excluding hydrogens is 823 g/mol. The van der Waals surface area contributed by atoms with Crippen LogP contribution in [0.15, 0.2) is 66.7 Å². The minimum atomic E-state index is -1.11. The minimum absolute atomic E-state index is 0. The molecule has 3 fully saturated rings. The van der Waals surface area contributed by atoms with Crippen LogP contribution in [0.2, 0.25) is 0 Å². The zero-order chi connectivity index (χ0) is 47.1. The molecule has 0 aromatic heterocycles. The van der Waals surface area contributed by atoms with Gasteiger partial charge in [0.15, 0.2) is 11.6 Å². The monoisotopic (exact) mass is 904 g/mol. The van der Waals surface area contributed by atoms with Gasteiger partial charge in [-0.1, -0.05) is 95.0 Å². The van der Waals surface area contributed by atoms with Gasteiger partial charge in [-0.05, 0) is 98.5 Å². The summed E-state index contributed by atoms with van der Waals surface area (Å²) in [4.78, 5) is 98.8. The summed E-state index contributed by atoms with van der Waals surface area (Å²) in [5, 5.41) is 11.6. The number of Topliss-reactive ketones (excluding diaryl/α,β-unsaturated/α-hetero) is 3. The van der Waals surface area contributed by atoms with E-state index in [4.69, 9.17) is 9.84 Å². The highest BCUT2D eigenvalue weighted by atomic mass is 16.5. The first-order chi connectivity index (χ1) is 31.2. The number of nitrogens with zero attached hydrogens (tertiary/aromatic N) is 2. The molecule has 1 aliphatic heterocycles. The Morgan fingerprint density at radius 2 is 1.72 bits per heavy atom. The molecule has 7 atom stereocenters. The number of benzene rings is 2. The largest absolute Gasteiger partial charge is 0.493 e. The molecule has 1 heterocycles. The number of carbonyl (C=O) groups is 7. The second-order valence-electron chi connectivity index (χ2n) is 19.2. The third-order valence-corrected chi connectivity index (χ3v) is 14.2. The molecule has 362 valence electrons. The molecule has 7 unspecified atom stereocenters. The number of aliphatic hydroxyl groups is 1. The zero-order valence-electron chi connectivity index (χ0n) is 39.4. The summed E-state index contributed by atoms with van der Waals surface area (Å²) in [5.74, 6) is -2.72. The highest BCUT2D eigenvalue weighted by Gasteiger charge is 2.59. The van der Waals surface area contributed by atoms with Crippen molar-refractivity contribution in [2.75, 3.05) is 40.4 Å². The van der Waals surface area contributed by atoms with Gasteiger partial charge in [0, 0.05) is 69.5 Å². The Morgan fingerprint density at radius 1 is 0.985 bits per heavy atom. The summed E-state index contributed by atoms with van der Waals surface area (Å²) in [6, 6.07) is 16.2. The van der Waals surface area contributed by atoms with Crippen LogP contribution in [0.3, 0.4) is 0 Å². The molecule has 0 radical (unpaired) electrons. The SMILES string of the molecule is CCCC(C)(C(=O)C(=O)NCC(=O)/C=C/CC(C(=O)N(C)C)c1ccccc1)C1CC1C(=O)C1CCCN1C(=O)C(C(C)CCC(=O)Cc1cccc(OCCCO)c1)C1CCCCC1.[HH].[HH].[HH].[HH]. The van der Waals surface area contributed by atoms with Crippen molar-refractivity contribution in [2.45, 2.75) is 129 Å². The van der Waals surface area contributed by atoms with Crippen molar-refractivity contribution in [1.82, 2.24) is 15.1 Å². The van der Waals surface area contributed by atoms with Gasteiger partial charge in [-0.15, -0.1) is 0 Å². The fourth-order valence-corrected chi connectivity index (χ4v) is 10.5. The molecule has 2 N–H and O–H groups in total. The smallest absolute Gasteiger partial charge is 0.288 e. The zero-order valence-corrected chi connectivity index (χ0v) is 39.4. The lowest BCUT2D eigenvalue weighted by Crippen LogP contribution is -2.48. The van der Waals surface area contributed by atoms with Gasteiger partial charge in [0.25, 0.3) is 5.91 Å². The second kappa shape index (κ2) is 24.5. The van der Waals surface area contributed by atoms with Gasteiger partial charge in [-0.2, -0.15) is 0 Å². The van der Waals surface area contributed by atoms with Crippen molar-refractivity contribution in [3.63, 3.8) is 0 Å². The van der Waals surface area contributed by atoms with Crippen LogP contribution in [0.5, 0.6) is 5.75 Å². The fraction of sp³-hybridized carbons (Fsp3) is 0.604. The van der Waals surface area contributed by atoms with Crippen molar-refractivity contribution < 1.29 is 49.1 Å². The van der Waals surface area contributed by atoms with Gasteiger partial charge in [0.05, 0.1) is 25.1 Å². The topological polar surface area (TPSA) is 167 Å². The van der Waals surface area contributed by atoms with Crippen LogP contribution < -0.4 is 10.1 Å². The second-order valence-corrected chi connectivity index (χ2v) is 19.2. The number of likely N-dealkylation sites (tertiary alicyclic amines) is 1. The summed E-state index contributed by atoms with van der Waals surface area (Å²) in [6.07, 6.45) is 12.9. The molecule has 12 nitrogen and oxygen atoms in total. The number of hydrogen-bond donors (Lipinski definition) is 2. The summed E-state index contributed by atoms with van der Waals surface area (Å²) in [5.41, 5.74) is 0.583. The van der Waals surface area contributed by atoms with E-state index >= 15 is 0 Å². The lowest BCUT2D eigenvalue weighted by molar-refractivity contribution is -0.146. The Morgan fingerprint density at radius 3 is 2.42 bits per heavy atom. The summed E-state index contributed by atoms with van der Waals surface area (Å²) in [6.45, 7) is 6.34. The van der Waals surface area contributed by atoms with E-state index in [1.807, 2.05) is 61.5 Å². The standard InChI is InChI=1S/C53H73N3O9.4H2/c1-6-28-53(3,49(61)50(62)54-35-41(59)22-14-24-43(51(63)55(4)5)38-18-9-7-10-19-38)45-34-44(45)48(60)46-25-15-29-56(46)52(64)47(39-20-11-8-12-21-39)36(2)26-27-40(58)32-37-17-13-23-42(33-37)65-31-16-30-57;;;;/h7,9-10,13-14,17-19,22-23,33,36,39,43-47,57H,6,8,11-12,15-16,20-21,24-32,34-35H2,1-5H3,(H,54,62);4*1H/b22-14+;;;;. The van der Waals surface area contributed by atoms with E-state index in [-0.39, 0.29) is 78.8 Å². The van der Waals surface area contributed by atoms with Crippen molar-refractivity contribution in [3.8, 4) is 5.75 Å². The van der Waals surface area contributed by atoms with Gasteiger partial charge in [0.1, 0.15) is 11.5 Å². The lowest BCUT2D eigenvalue weighted by Gasteiger charge is -2.37. The van der Waals surface area contributed by atoms with Crippen LogP contribution in [0.4, 0.5) is 0 Å². The number of nitrogens with one attached hydrogen (secondary N) is 1. The van der Waals surface area contributed by atoms with E-state index in [0.717, 1.165) is 43.2 Å². The van der Waals surface area contributed by atoms with Crippen LogP contribution >= 0.6 is 0 Å². The Bertz CT molecular complexity index is 2010. The van der Waals surface area contributed by atoms with Gasteiger partial charge in [0.2, 0.25) is 17.6 Å². The average molecular weight is 904 g/mol. The lowest BCUT2D eigenvalue weighted by atomic mass is 9.72. The first-order valence-corrected chi connectivity index (χ1v) is 24.2. The van der Waals surface area contributed by atoms with Gasteiger partial charge < -0.3 is 25.0 Å². The maximum absolute atomic E-state index is 14.8. The Balaban J connectivity index is 0.00000595. The molecule has 0 bridgehead atoms. The number of allylic oxidation sites excluding steroid dienone is 1. The Kier molecular flexibility index (Phi) is 19.3. The maximum atomic E-state index is 14.8. The van der Waals surface area contributed by atoms with E-state index in [0.29, 0.717) is 70.3 Å². The van der Waals surface area contributed by atoms with E-state index in [9.17, 15) is 33.6 Å². The summed E-state index contributed by atoms with van der Waals surface area (Å²) >= 11 is 0. The van der Waals surface area contributed by atoms with Crippen molar-refractivity contribution in [1.29, 1.82) is 0 Å². The van der Waals surface area contributed by atoms with E-state index in [1.54, 1.807) is 32.0 Å². The normalized spacial score (nSPS) is 20.9. The van der Waals surface area contributed by atoms with Crippen molar-refractivity contribution >= 4 is 40.9 Å².